The van der Waals surface area contributed by atoms with Crippen molar-refractivity contribution in [2.75, 3.05) is 5.32 Å². The van der Waals surface area contributed by atoms with Crippen LogP contribution in [0.5, 0.6) is 0 Å². The van der Waals surface area contributed by atoms with Crippen LogP contribution >= 0.6 is 11.6 Å². The smallest absolute Gasteiger partial charge is 0.154 e. The van der Waals surface area contributed by atoms with Crippen LogP contribution in [0.4, 0.5) is 5.82 Å². The Morgan fingerprint density at radius 3 is 2.61 bits per heavy atom. The highest BCUT2D eigenvalue weighted by atomic mass is 35.5. The van der Waals surface area contributed by atoms with E-state index in [9.17, 15) is 0 Å². The average molecular weight is 393 g/mol. The SMILES string of the molecule is Cc1ccc2nc(C=Cc3ccc(Cl)cc3)nc(NC3CCCCC3N)c2c1. The molecule has 1 saturated carbocycles. The van der Waals surface area contributed by atoms with E-state index in [-0.39, 0.29) is 12.1 Å². The monoisotopic (exact) mass is 392 g/mol. The van der Waals surface area contributed by atoms with Crippen LogP contribution in [0.3, 0.4) is 0 Å². The van der Waals surface area contributed by atoms with Crippen LogP contribution < -0.4 is 11.1 Å². The number of anilines is 1. The maximum absolute atomic E-state index is 6.36. The zero-order valence-electron chi connectivity index (χ0n) is 16.0. The van der Waals surface area contributed by atoms with Crippen molar-refractivity contribution in [1.29, 1.82) is 0 Å². The van der Waals surface area contributed by atoms with E-state index in [1.807, 2.05) is 36.4 Å². The minimum Gasteiger partial charge on any atom is -0.365 e. The molecule has 1 heterocycles. The number of benzene rings is 2. The highest BCUT2D eigenvalue weighted by Gasteiger charge is 2.22. The van der Waals surface area contributed by atoms with Gasteiger partial charge in [-0.25, -0.2) is 9.97 Å². The summed E-state index contributed by atoms with van der Waals surface area (Å²) in [5.74, 6) is 1.55. The van der Waals surface area contributed by atoms with E-state index >= 15 is 0 Å². The number of nitrogens with one attached hydrogen (secondary N) is 1. The summed E-state index contributed by atoms with van der Waals surface area (Å²) in [7, 11) is 0. The Labute approximate surface area is 170 Å². The summed E-state index contributed by atoms with van der Waals surface area (Å²) in [6.45, 7) is 2.09. The highest BCUT2D eigenvalue weighted by molar-refractivity contribution is 6.30. The molecule has 0 bridgehead atoms. The maximum atomic E-state index is 6.36. The molecule has 2 atom stereocenters. The Morgan fingerprint density at radius 2 is 1.82 bits per heavy atom. The molecular weight excluding hydrogens is 368 g/mol. The molecule has 4 nitrogen and oxygen atoms in total. The van der Waals surface area contributed by atoms with E-state index in [1.54, 1.807) is 0 Å². The lowest BCUT2D eigenvalue weighted by Gasteiger charge is -2.30. The first-order chi connectivity index (χ1) is 13.6. The second-order valence-corrected chi connectivity index (χ2v) is 7.97. The van der Waals surface area contributed by atoms with Gasteiger partial charge >= 0.3 is 0 Å². The van der Waals surface area contributed by atoms with Gasteiger partial charge in [-0.1, -0.05) is 54.3 Å². The largest absolute Gasteiger partial charge is 0.365 e. The van der Waals surface area contributed by atoms with E-state index in [0.29, 0.717) is 5.82 Å². The molecule has 0 radical (unpaired) electrons. The first-order valence-electron chi connectivity index (χ1n) is 9.83. The first-order valence-corrected chi connectivity index (χ1v) is 10.2. The minimum atomic E-state index is 0.164. The van der Waals surface area contributed by atoms with E-state index in [2.05, 4.69) is 30.4 Å². The second kappa shape index (κ2) is 8.29. The summed E-state index contributed by atoms with van der Waals surface area (Å²) in [5, 5.41) is 5.39. The number of aromatic nitrogens is 2. The number of fused-ring (bicyclic) bond motifs is 1. The predicted molar refractivity (Wildman–Crippen MR) is 119 cm³/mol. The lowest BCUT2D eigenvalue weighted by Crippen LogP contribution is -2.42. The predicted octanol–water partition coefficient (Wildman–Crippen LogP) is 5.44. The van der Waals surface area contributed by atoms with E-state index in [1.165, 1.54) is 18.4 Å². The molecule has 4 rings (SSSR count). The normalized spacial score (nSPS) is 20.0. The number of halogens is 1. The van der Waals surface area contributed by atoms with Gasteiger partial charge in [0.15, 0.2) is 5.82 Å². The molecule has 2 aromatic carbocycles. The molecule has 3 N–H and O–H groups in total. The number of hydrogen-bond donors (Lipinski definition) is 2. The third-order valence-electron chi connectivity index (χ3n) is 5.30. The average Bonchev–Trinajstić information content (AvgIpc) is 2.70. The Balaban J connectivity index is 1.69. The fourth-order valence-corrected chi connectivity index (χ4v) is 3.83. The molecular formula is C23H25ClN4. The molecule has 1 aliphatic rings. The van der Waals surface area contributed by atoms with Crippen LogP contribution in [0.15, 0.2) is 42.5 Å². The Morgan fingerprint density at radius 1 is 1.04 bits per heavy atom. The standard InChI is InChI=1S/C23H25ClN4/c1-15-6-12-20-18(14-15)23(27-21-5-3-2-4-19(21)25)28-22(26-20)13-9-16-7-10-17(24)11-8-16/h6-14,19,21H,2-5,25H2,1H3,(H,26,27,28). The molecule has 0 saturated heterocycles. The molecule has 1 fully saturated rings. The third-order valence-corrected chi connectivity index (χ3v) is 5.56. The zero-order chi connectivity index (χ0) is 19.5. The first kappa shape index (κ1) is 18.9. The summed E-state index contributed by atoms with van der Waals surface area (Å²) in [6, 6.07) is 14.4. The molecule has 0 spiro atoms. The Bertz CT molecular complexity index is 997. The Kier molecular flexibility index (Phi) is 5.60. The molecule has 144 valence electrons. The van der Waals surface area contributed by atoms with Crippen LogP contribution in [0.2, 0.25) is 5.02 Å². The van der Waals surface area contributed by atoms with Crippen molar-refractivity contribution in [3.63, 3.8) is 0 Å². The number of hydrogen-bond acceptors (Lipinski definition) is 4. The summed E-state index contributed by atoms with van der Waals surface area (Å²) in [6.07, 6.45) is 8.49. The topological polar surface area (TPSA) is 63.8 Å². The second-order valence-electron chi connectivity index (χ2n) is 7.54. The van der Waals surface area contributed by atoms with Gasteiger partial charge in [0.2, 0.25) is 0 Å². The number of nitrogens with zero attached hydrogens (tertiary/aromatic N) is 2. The van der Waals surface area contributed by atoms with E-state index < -0.39 is 0 Å². The van der Waals surface area contributed by atoms with Gasteiger partial charge in [-0.3, -0.25) is 0 Å². The third kappa shape index (κ3) is 4.34. The van der Waals surface area contributed by atoms with Crippen LogP contribution in [-0.4, -0.2) is 22.1 Å². The van der Waals surface area contributed by atoms with Crippen molar-refractivity contribution in [3.05, 3.63) is 64.4 Å². The van der Waals surface area contributed by atoms with Crippen LogP contribution in [0.25, 0.3) is 23.1 Å². The van der Waals surface area contributed by atoms with Crippen molar-refractivity contribution >= 4 is 40.5 Å². The molecule has 28 heavy (non-hydrogen) atoms. The summed E-state index contributed by atoms with van der Waals surface area (Å²) >= 11 is 5.96. The molecule has 3 aromatic rings. The van der Waals surface area contributed by atoms with Crippen molar-refractivity contribution < 1.29 is 0 Å². The van der Waals surface area contributed by atoms with Crippen molar-refractivity contribution in [2.45, 2.75) is 44.7 Å². The zero-order valence-corrected chi connectivity index (χ0v) is 16.8. The van der Waals surface area contributed by atoms with Gasteiger partial charge in [0.1, 0.15) is 5.82 Å². The molecule has 2 unspecified atom stereocenters. The van der Waals surface area contributed by atoms with Gasteiger partial charge < -0.3 is 11.1 Å². The maximum Gasteiger partial charge on any atom is 0.154 e. The number of aryl methyl sites for hydroxylation is 1. The highest BCUT2D eigenvalue weighted by Crippen LogP contribution is 2.26. The summed E-state index contributed by atoms with van der Waals surface area (Å²) < 4.78 is 0. The number of nitrogens with two attached hydrogens (primary N) is 1. The van der Waals surface area contributed by atoms with Crippen LogP contribution in [-0.2, 0) is 0 Å². The minimum absolute atomic E-state index is 0.164. The fraction of sp³-hybridized carbons (Fsp3) is 0.304. The van der Waals surface area contributed by atoms with Gasteiger partial charge in [0.05, 0.1) is 5.52 Å². The van der Waals surface area contributed by atoms with Gasteiger partial charge in [-0.05, 0) is 55.7 Å². The molecule has 1 aromatic heterocycles. The van der Waals surface area contributed by atoms with Crippen molar-refractivity contribution in [1.82, 2.24) is 9.97 Å². The quantitative estimate of drug-likeness (QED) is 0.620. The number of rotatable bonds is 4. The van der Waals surface area contributed by atoms with Gasteiger partial charge in [0, 0.05) is 22.5 Å². The van der Waals surface area contributed by atoms with Gasteiger partial charge in [-0.2, -0.15) is 0 Å². The summed E-state index contributed by atoms with van der Waals surface area (Å²) in [5.41, 5.74) is 9.54. The van der Waals surface area contributed by atoms with E-state index in [4.69, 9.17) is 27.3 Å². The lowest BCUT2D eigenvalue weighted by atomic mass is 9.91. The molecule has 0 aliphatic heterocycles. The molecule has 5 heteroatoms. The van der Waals surface area contributed by atoms with Gasteiger partial charge in [0.25, 0.3) is 0 Å². The van der Waals surface area contributed by atoms with Gasteiger partial charge in [-0.15, -0.1) is 0 Å². The summed E-state index contributed by atoms with van der Waals surface area (Å²) in [4.78, 5) is 9.54. The fourth-order valence-electron chi connectivity index (χ4n) is 3.70. The molecule has 1 aliphatic carbocycles. The van der Waals surface area contributed by atoms with Crippen LogP contribution in [0.1, 0.15) is 42.6 Å². The molecule has 0 amide bonds. The lowest BCUT2D eigenvalue weighted by molar-refractivity contribution is 0.403. The van der Waals surface area contributed by atoms with E-state index in [0.717, 1.165) is 40.1 Å². The Hall–Kier alpha value is -2.43. The van der Waals surface area contributed by atoms with Crippen molar-refractivity contribution in [3.8, 4) is 0 Å². The van der Waals surface area contributed by atoms with Crippen LogP contribution in [0, 0.1) is 6.92 Å². The van der Waals surface area contributed by atoms with Crippen molar-refractivity contribution in [2.24, 2.45) is 5.73 Å².